The third-order valence-electron chi connectivity index (χ3n) is 7.06. The first-order valence-electron chi connectivity index (χ1n) is 10.8. The Hall–Kier alpha value is -2.47. The lowest BCUT2D eigenvalue weighted by atomic mass is 9.69. The summed E-state index contributed by atoms with van der Waals surface area (Å²) in [6.45, 7) is 7.65. The van der Waals surface area contributed by atoms with Crippen LogP contribution in [0.1, 0.15) is 44.9 Å². The van der Waals surface area contributed by atoms with Gasteiger partial charge in [-0.25, -0.2) is 9.07 Å². The fraction of sp³-hybridized carbons (Fsp3) is 0.500. The number of amides is 1. The first kappa shape index (κ1) is 19.5. The average molecular weight is 410 g/mol. The van der Waals surface area contributed by atoms with Gasteiger partial charge in [0.2, 0.25) is 5.91 Å². The van der Waals surface area contributed by atoms with Crippen molar-refractivity contribution < 1.29 is 13.9 Å². The van der Waals surface area contributed by atoms with E-state index in [2.05, 4.69) is 18.1 Å². The molecule has 0 N–H and O–H groups in total. The fourth-order valence-corrected chi connectivity index (χ4v) is 5.61. The molecule has 2 heterocycles. The van der Waals surface area contributed by atoms with Crippen LogP contribution in [0.15, 0.2) is 36.0 Å². The number of nitrogens with zero attached hydrogens (tertiary/aromatic N) is 3. The number of fused-ring (bicyclic) bond motifs is 2. The summed E-state index contributed by atoms with van der Waals surface area (Å²) >= 11 is 0. The highest BCUT2D eigenvalue weighted by molar-refractivity contribution is 5.82. The number of ether oxygens (including phenoxy) is 1. The van der Waals surface area contributed by atoms with Gasteiger partial charge in [0.15, 0.2) is 0 Å². The molecule has 1 aromatic heterocycles. The Bertz CT molecular complexity index is 1000. The molecule has 2 aliphatic carbocycles. The molecule has 0 spiro atoms. The van der Waals surface area contributed by atoms with Crippen LogP contribution in [0.25, 0.3) is 11.8 Å². The van der Waals surface area contributed by atoms with Gasteiger partial charge in [-0.05, 0) is 69.0 Å². The van der Waals surface area contributed by atoms with E-state index in [9.17, 15) is 9.18 Å². The van der Waals surface area contributed by atoms with Crippen LogP contribution in [0.3, 0.4) is 0 Å². The van der Waals surface area contributed by atoms with Crippen LogP contribution in [0.4, 0.5) is 4.39 Å². The average Bonchev–Trinajstić information content (AvgIpc) is 3.25. The van der Waals surface area contributed by atoms with Gasteiger partial charge in [0.25, 0.3) is 0 Å². The van der Waals surface area contributed by atoms with Crippen LogP contribution in [0.2, 0.25) is 0 Å². The van der Waals surface area contributed by atoms with Gasteiger partial charge < -0.3 is 9.64 Å². The summed E-state index contributed by atoms with van der Waals surface area (Å²) in [5.74, 6) is -0.00422. The molecule has 3 aliphatic rings. The SMILES string of the molecule is CC1CN(C(=O)[C@H]2CCC3=Cc4c(cnn4-c4ccc(F)cc4)C[C@@]32C)CC(C)O1. The minimum Gasteiger partial charge on any atom is -0.372 e. The molecule has 158 valence electrons. The van der Waals surface area contributed by atoms with Crippen molar-refractivity contribution >= 4 is 12.0 Å². The van der Waals surface area contributed by atoms with Gasteiger partial charge in [0, 0.05) is 24.4 Å². The standard InChI is InChI=1S/C24H28FN3O2/c1-15-13-27(14-16(2)30-15)23(29)21-9-4-18-10-22-17(11-24(18,21)3)12-26-28(22)20-7-5-19(25)6-8-20/h5-8,10,12,15-16,21H,4,9,11,13-14H2,1-3H3/t15?,16?,21-,24+/m1/s1. The number of aromatic nitrogens is 2. The van der Waals surface area contributed by atoms with Gasteiger partial charge in [0.05, 0.1) is 29.8 Å². The highest BCUT2D eigenvalue weighted by atomic mass is 19.1. The highest BCUT2D eigenvalue weighted by Gasteiger charge is 2.50. The molecule has 1 saturated heterocycles. The number of morpholine rings is 1. The number of allylic oxidation sites excluding steroid dienone is 1. The summed E-state index contributed by atoms with van der Waals surface area (Å²) in [5.41, 5.74) is 4.20. The maximum Gasteiger partial charge on any atom is 0.226 e. The number of hydrogen-bond acceptors (Lipinski definition) is 3. The van der Waals surface area contributed by atoms with Crippen molar-refractivity contribution in [3.63, 3.8) is 0 Å². The Kier molecular flexibility index (Phi) is 4.58. The first-order chi connectivity index (χ1) is 14.3. The van der Waals surface area contributed by atoms with E-state index in [0.717, 1.165) is 36.2 Å². The van der Waals surface area contributed by atoms with E-state index in [1.54, 1.807) is 12.1 Å². The summed E-state index contributed by atoms with van der Waals surface area (Å²) in [4.78, 5) is 15.5. The maximum absolute atomic E-state index is 13.5. The summed E-state index contributed by atoms with van der Waals surface area (Å²) in [5, 5.41) is 4.57. The second kappa shape index (κ2) is 7.05. The van der Waals surface area contributed by atoms with Crippen LogP contribution in [0.5, 0.6) is 0 Å². The number of hydrogen-bond donors (Lipinski definition) is 0. The van der Waals surface area contributed by atoms with E-state index in [4.69, 9.17) is 4.74 Å². The molecular formula is C24H28FN3O2. The lowest BCUT2D eigenvalue weighted by molar-refractivity contribution is -0.150. The van der Waals surface area contributed by atoms with Crippen LogP contribution in [0, 0.1) is 17.2 Å². The van der Waals surface area contributed by atoms with E-state index >= 15 is 0 Å². The number of rotatable bonds is 2. The second-order valence-electron chi connectivity index (χ2n) is 9.30. The highest BCUT2D eigenvalue weighted by Crippen LogP contribution is 2.53. The lowest BCUT2D eigenvalue weighted by Gasteiger charge is -2.41. The largest absolute Gasteiger partial charge is 0.372 e. The fourth-order valence-electron chi connectivity index (χ4n) is 5.61. The van der Waals surface area contributed by atoms with Crippen LogP contribution < -0.4 is 0 Å². The zero-order chi connectivity index (χ0) is 21.0. The molecular weight excluding hydrogens is 381 g/mol. The van der Waals surface area contributed by atoms with Gasteiger partial charge in [0.1, 0.15) is 5.82 Å². The number of benzene rings is 1. The summed E-state index contributed by atoms with van der Waals surface area (Å²) in [6, 6.07) is 6.41. The predicted octanol–water partition coefficient (Wildman–Crippen LogP) is 4.00. The molecule has 2 aromatic rings. The predicted molar refractivity (Wildman–Crippen MR) is 113 cm³/mol. The van der Waals surface area contributed by atoms with E-state index in [-0.39, 0.29) is 35.3 Å². The molecule has 2 unspecified atom stereocenters. The zero-order valence-electron chi connectivity index (χ0n) is 17.8. The Morgan fingerprint density at radius 3 is 2.60 bits per heavy atom. The van der Waals surface area contributed by atoms with Crippen molar-refractivity contribution in [1.29, 1.82) is 0 Å². The molecule has 30 heavy (non-hydrogen) atoms. The molecule has 5 rings (SSSR count). The Morgan fingerprint density at radius 1 is 1.20 bits per heavy atom. The number of carbonyl (C=O) groups is 1. The molecule has 1 aromatic carbocycles. The van der Waals surface area contributed by atoms with E-state index in [1.807, 2.05) is 29.6 Å². The molecule has 1 saturated carbocycles. The van der Waals surface area contributed by atoms with E-state index < -0.39 is 0 Å². The van der Waals surface area contributed by atoms with Gasteiger partial charge in [-0.1, -0.05) is 12.5 Å². The summed E-state index contributed by atoms with van der Waals surface area (Å²) < 4.78 is 21.0. The minimum absolute atomic E-state index is 0.0106. The van der Waals surface area contributed by atoms with E-state index in [0.29, 0.717) is 13.1 Å². The second-order valence-corrected chi connectivity index (χ2v) is 9.30. The quantitative estimate of drug-likeness (QED) is 0.753. The Balaban J connectivity index is 1.44. The van der Waals surface area contributed by atoms with Crippen molar-refractivity contribution in [1.82, 2.24) is 14.7 Å². The molecule has 5 nitrogen and oxygen atoms in total. The van der Waals surface area contributed by atoms with E-state index in [1.165, 1.54) is 17.7 Å². The lowest BCUT2D eigenvalue weighted by Crippen LogP contribution is -2.52. The Labute approximate surface area is 176 Å². The molecule has 1 aliphatic heterocycles. The number of carbonyl (C=O) groups excluding carboxylic acids is 1. The molecule has 1 amide bonds. The third-order valence-corrected chi connectivity index (χ3v) is 7.06. The normalized spacial score (nSPS) is 30.6. The van der Waals surface area contributed by atoms with Gasteiger partial charge >= 0.3 is 0 Å². The molecule has 4 atom stereocenters. The van der Waals surface area contributed by atoms with Crippen LogP contribution in [-0.2, 0) is 16.0 Å². The number of halogens is 1. The van der Waals surface area contributed by atoms with Crippen molar-refractivity contribution in [2.75, 3.05) is 13.1 Å². The van der Waals surface area contributed by atoms with Crippen molar-refractivity contribution in [2.24, 2.45) is 11.3 Å². The van der Waals surface area contributed by atoms with Crippen LogP contribution in [-0.4, -0.2) is 45.9 Å². The molecule has 6 heteroatoms. The van der Waals surface area contributed by atoms with Gasteiger partial charge in [-0.15, -0.1) is 0 Å². The smallest absolute Gasteiger partial charge is 0.226 e. The van der Waals surface area contributed by atoms with Crippen molar-refractivity contribution in [3.8, 4) is 5.69 Å². The summed E-state index contributed by atoms with van der Waals surface area (Å²) in [6.07, 6.45) is 6.89. The molecule has 0 radical (unpaired) electrons. The van der Waals surface area contributed by atoms with Gasteiger partial charge in [-0.3, -0.25) is 4.79 Å². The van der Waals surface area contributed by atoms with Crippen molar-refractivity contribution in [2.45, 2.75) is 52.2 Å². The topological polar surface area (TPSA) is 47.4 Å². The maximum atomic E-state index is 13.5. The summed E-state index contributed by atoms with van der Waals surface area (Å²) in [7, 11) is 0. The van der Waals surface area contributed by atoms with Crippen LogP contribution >= 0.6 is 0 Å². The Morgan fingerprint density at radius 2 is 1.90 bits per heavy atom. The molecule has 2 fully saturated rings. The third kappa shape index (κ3) is 3.09. The first-order valence-corrected chi connectivity index (χ1v) is 10.8. The van der Waals surface area contributed by atoms with Gasteiger partial charge in [-0.2, -0.15) is 5.10 Å². The monoisotopic (exact) mass is 409 g/mol. The molecule has 0 bridgehead atoms. The van der Waals surface area contributed by atoms with Crippen molar-refractivity contribution in [3.05, 3.63) is 53.1 Å². The minimum atomic E-state index is -0.255. The zero-order valence-corrected chi connectivity index (χ0v) is 17.8.